The Kier molecular flexibility index (Phi) is 6.61. The summed E-state index contributed by atoms with van der Waals surface area (Å²) in [5, 5.41) is 29.8. The van der Waals surface area contributed by atoms with Gasteiger partial charge in [-0.05, 0) is 35.2 Å². The van der Waals surface area contributed by atoms with E-state index in [-0.39, 0.29) is 18.6 Å². The number of rotatable bonds is 9. The van der Waals surface area contributed by atoms with Gasteiger partial charge in [0, 0.05) is 30.9 Å². The van der Waals surface area contributed by atoms with Gasteiger partial charge in [-0.3, -0.25) is 4.98 Å². The van der Waals surface area contributed by atoms with E-state index in [4.69, 9.17) is 0 Å². The molecule has 3 heterocycles. The van der Waals surface area contributed by atoms with Crippen LogP contribution in [0.4, 0.5) is 11.5 Å². The van der Waals surface area contributed by atoms with E-state index < -0.39 is 0 Å². The molecule has 0 fully saturated rings. The van der Waals surface area contributed by atoms with Gasteiger partial charge in [-0.2, -0.15) is 4.52 Å². The van der Waals surface area contributed by atoms with Gasteiger partial charge in [-0.25, -0.2) is 0 Å². The smallest absolute Gasteiger partial charge is 0.201 e. The van der Waals surface area contributed by atoms with Gasteiger partial charge >= 0.3 is 0 Å². The summed E-state index contributed by atoms with van der Waals surface area (Å²) in [6.07, 6.45) is 4.39. The summed E-state index contributed by atoms with van der Waals surface area (Å²) in [7, 11) is 0. The minimum absolute atomic E-state index is 0.0437. The first-order chi connectivity index (χ1) is 15.6. The van der Waals surface area contributed by atoms with Crippen molar-refractivity contribution in [2.24, 2.45) is 0 Å². The molecule has 1 aromatic carbocycles. The van der Waals surface area contributed by atoms with Crippen LogP contribution in [0.15, 0.2) is 54.9 Å². The molecule has 0 amide bonds. The molecule has 3 aromatic heterocycles. The van der Waals surface area contributed by atoms with Crippen molar-refractivity contribution in [3.8, 4) is 11.1 Å². The molecule has 0 aliphatic rings. The second kappa shape index (κ2) is 9.74. The average Bonchev–Trinajstić information content (AvgIpc) is 3.26. The predicted octanol–water partition coefficient (Wildman–Crippen LogP) is 4.10. The van der Waals surface area contributed by atoms with E-state index in [2.05, 4.69) is 69.0 Å². The van der Waals surface area contributed by atoms with Gasteiger partial charge in [-0.1, -0.05) is 45.0 Å². The summed E-state index contributed by atoms with van der Waals surface area (Å²) in [5.74, 6) is 1.65. The Bertz CT molecular complexity index is 1150. The molecule has 0 unspecified atom stereocenters. The summed E-state index contributed by atoms with van der Waals surface area (Å²) in [4.78, 5) is 4.08. The zero-order chi connectivity index (χ0) is 22.5. The van der Waals surface area contributed by atoms with Crippen LogP contribution >= 0.6 is 0 Å². The summed E-state index contributed by atoms with van der Waals surface area (Å²) in [6, 6.07) is 14.3. The highest BCUT2D eigenvalue weighted by Gasteiger charge is 2.16. The second-order valence-corrected chi connectivity index (χ2v) is 8.11. The van der Waals surface area contributed by atoms with Gasteiger partial charge < -0.3 is 15.7 Å². The minimum Gasteiger partial charge on any atom is -0.394 e. The van der Waals surface area contributed by atoms with Gasteiger partial charge in [-0.15, -0.1) is 15.3 Å². The first-order valence-electron chi connectivity index (χ1n) is 11.0. The number of nitrogens with one attached hydrogen (secondary N) is 2. The quantitative estimate of drug-likeness (QED) is 0.367. The number of benzene rings is 1. The van der Waals surface area contributed by atoms with Gasteiger partial charge in [0.1, 0.15) is 5.82 Å². The SMILES string of the molecule is CC[C@@H](CO)Nc1cc(NCc2ccc(-c3ccncc3)cc2)c2nnc(C(C)C)n2n1. The molecule has 0 radical (unpaired) electrons. The van der Waals surface area contributed by atoms with Crippen LogP contribution in [0.3, 0.4) is 0 Å². The fourth-order valence-electron chi connectivity index (χ4n) is 3.50. The number of hydrogen-bond donors (Lipinski definition) is 3. The van der Waals surface area contributed by atoms with Crippen LogP contribution in [0.1, 0.15) is 44.5 Å². The zero-order valence-corrected chi connectivity index (χ0v) is 18.7. The van der Waals surface area contributed by atoms with Gasteiger partial charge in [0.05, 0.1) is 18.3 Å². The summed E-state index contributed by atoms with van der Waals surface area (Å²) in [6.45, 7) is 6.84. The molecule has 0 saturated heterocycles. The Morgan fingerprint density at radius 2 is 1.72 bits per heavy atom. The molecule has 4 rings (SSSR count). The van der Waals surface area contributed by atoms with Crippen LogP contribution < -0.4 is 10.6 Å². The lowest BCUT2D eigenvalue weighted by molar-refractivity contribution is 0.271. The Balaban J connectivity index is 1.58. The van der Waals surface area contributed by atoms with Crippen LogP contribution in [0.5, 0.6) is 0 Å². The molecule has 8 nitrogen and oxygen atoms in total. The van der Waals surface area contributed by atoms with Crippen LogP contribution in [0, 0.1) is 0 Å². The highest BCUT2D eigenvalue weighted by atomic mass is 16.3. The van der Waals surface area contributed by atoms with Gasteiger partial charge in [0.25, 0.3) is 0 Å². The number of aliphatic hydroxyl groups excluding tert-OH is 1. The van der Waals surface area contributed by atoms with Gasteiger partial charge in [0.15, 0.2) is 5.82 Å². The molecule has 0 bridgehead atoms. The van der Waals surface area contributed by atoms with Crippen molar-refractivity contribution in [2.45, 2.75) is 45.7 Å². The largest absolute Gasteiger partial charge is 0.394 e. The Hall–Kier alpha value is -3.52. The van der Waals surface area contributed by atoms with Crippen LogP contribution in [0.2, 0.25) is 0 Å². The highest BCUT2D eigenvalue weighted by molar-refractivity contribution is 5.70. The zero-order valence-electron chi connectivity index (χ0n) is 18.7. The maximum absolute atomic E-state index is 9.59. The van der Waals surface area contributed by atoms with E-state index in [0.717, 1.165) is 34.6 Å². The van der Waals surface area contributed by atoms with Crippen molar-refractivity contribution in [1.82, 2.24) is 24.8 Å². The molecule has 32 heavy (non-hydrogen) atoms. The molecule has 0 saturated carbocycles. The molecule has 8 heteroatoms. The number of hydrogen-bond acceptors (Lipinski definition) is 7. The molecular formula is C24H29N7O. The standard InChI is InChI=1S/C24H29N7O/c1-4-20(15-32)27-22-13-21(24-29-28-23(16(2)3)31(24)30-22)26-14-17-5-7-18(8-6-17)19-9-11-25-12-10-19/h5-13,16,20,26,32H,4,14-15H2,1-3H3,(H,27,30)/t20-/m0/s1. The summed E-state index contributed by atoms with van der Waals surface area (Å²) < 4.78 is 1.78. The van der Waals surface area contributed by atoms with Crippen LogP contribution in [-0.4, -0.2) is 42.6 Å². The predicted molar refractivity (Wildman–Crippen MR) is 127 cm³/mol. The summed E-state index contributed by atoms with van der Waals surface area (Å²) >= 11 is 0. The van der Waals surface area contributed by atoms with E-state index in [9.17, 15) is 5.11 Å². The lowest BCUT2D eigenvalue weighted by Crippen LogP contribution is -2.24. The monoisotopic (exact) mass is 431 g/mol. The minimum atomic E-state index is -0.0625. The molecule has 0 spiro atoms. The number of fused-ring (bicyclic) bond motifs is 1. The fourth-order valence-corrected chi connectivity index (χ4v) is 3.50. The number of anilines is 2. The molecular weight excluding hydrogens is 402 g/mol. The summed E-state index contributed by atoms with van der Waals surface area (Å²) in [5.41, 5.74) is 4.97. The lowest BCUT2D eigenvalue weighted by Gasteiger charge is -2.17. The Morgan fingerprint density at radius 3 is 2.38 bits per heavy atom. The van der Waals surface area contributed by atoms with Crippen molar-refractivity contribution in [3.05, 3.63) is 66.2 Å². The van der Waals surface area contributed by atoms with E-state index in [1.807, 2.05) is 25.1 Å². The van der Waals surface area contributed by atoms with Crippen molar-refractivity contribution in [3.63, 3.8) is 0 Å². The molecule has 4 aromatic rings. The third-order valence-corrected chi connectivity index (χ3v) is 5.43. The molecule has 166 valence electrons. The first-order valence-corrected chi connectivity index (χ1v) is 11.0. The Labute approximate surface area is 187 Å². The Morgan fingerprint density at radius 1 is 1.00 bits per heavy atom. The average molecular weight is 432 g/mol. The van der Waals surface area contributed by atoms with E-state index in [1.54, 1.807) is 16.9 Å². The fraction of sp³-hybridized carbons (Fsp3) is 0.333. The number of aliphatic hydroxyl groups is 1. The number of nitrogens with zero attached hydrogens (tertiary/aromatic N) is 5. The molecule has 0 aliphatic heterocycles. The van der Waals surface area contributed by atoms with Crippen molar-refractivity contribution < 1.29 is 5.11 Å². The topological polar surface area (TPSA) is 100 Å². The van der Waals surface area contributed by atoms with Crippen molar-refractivity contribution in [2.75, 3.05) is 17.2 Å². The third kappa shape index (κ3) is 4.70. The van der Waals surface area contributed by atoms with Gasteiger partial charge in [0.2, 0.25) is 5.65 Å². The number of pyridine rings is 1. The third-order valence-electron chi connectivity index (χ3n) is 5.43. The lowest BCUT2D eigenvalue weighted by atomic mass is 10.1. The molecule has 1 atom stereocenters. The normalized spacial score (nSPS) is 12.3. The maximum Gasteiger partial charge on any atom is 0.201 e. The van der Waals surface area contributed by atoms with Crippen LogP contribution in [-0.2, 0) is 6.54 Å². The van der Waals surface area contributed by atoms with E-state index >= 15 is 0 Å². The first kappa shape index (κ1) is 21.7. The van der Waals surface area contributed by atoms with E-state index in [0.29, 0.717) is 18.0 Å². The maximum atomic E-state index is 9.59. The number of aromatic nitrogens is 5. The second-order valence-electron chi connectivity index (χ2n) is 8.11. The highest BCUT2D eigenvalue weighted by Crippen LogP contribution is 2.24. The van der Waals surface area contributed by atoms with Crippen molar-refractivity contribution in [1.29, 1.82) is 0 Å². The molecule has 3 N–H and O–H groups in total. The molecule has 0 aliphatic carbocycles. The van der Waals surface area contributed by atoms with Crippen molar-refractivity contribution >= 4 is 17.2 Å². The van der Waals surface area contributed by atoms with E-state index in [1.165, 1.54) is 0 Å². The van der Waals surface area contributed by atoms with Crippen LogP contribution in [0.25, 0.3) is 16.8 Å².